The zero-order chi connectivity index (χ0) is 26.5. The first-order chi connectivity index (χ1) is 18.0. The average molecular weight is 507 g/mol. The predicted molar refractivity (Wildman–Crippen MR) is 139 cm³/mol. The van der Waals surface area contributed by atoms with Gasteiger partial charge in [-0.3, -0.25) is 4.79 Å². The Morgan fingerprint density at radius 1 is 0.865 bits per heavy atom. The van der Waals surface area contributed by atoms with Crippen molar-refractivity contribution in [3.63, 3.8) is 0 Å². The fourth-order valence-corrected chi connectivity index (χ4v) is 3.12. The van der Waals surface area contributed by atoms with Crippen LogP contribution in [0.25, 0.3) is 0 Å². The van der Waals surface area contributed by atoms with Gasteiger partial charge in [0.2, 0.25) is 0 Å². The number of hydrazone groups is 1. The van der Waals surface area contributed by atoms with E-state index in [0.717, 1.165) is 12.8 Å². The summed E-state index contributed by atoms with van der Waals surface area (Å²) in [6.07, 6.45) is 3.45. The number of carbonyl (C=O) groups is 2. The third-order valence-corrected chi connectivity index (χ3v) is 5.08. The van der Waals surface area contributed by atoms with Crippen molar-refractivity contribution in [2.75, 3.05) is 27.4 Å². The molecule has 0 radical (unpaired) electrons. The molecule has 3 aromatic rings. The molecule has 3 rings (SSSR count). The average Bonchev–Trinajstić information content (AvgIpc) is 2.93. The number of amides is 1. The Morgan fingerprint density at radius 3 is 2.30 bits per heavy atom. The van der Waals surface area contributed by atoms with Crippen LogP contribution in [0.3, 0.4) is 0 Å². The number of rotatable bonds is 13. The van der Waals surface area contributed by atoms with Crippen LogP contribution in [0, 0.1) is 0 Å². The minimum atomic E-state index is -0.526. The van der Waals surface area contributed by atoms with E-state index in [4.69, 9.17) is 23.7 Å². The second kappa shape index (κ2) is 14.1. The van der Waals surface area contributed by atoms with Gasteiger partial charge in [0.15, 0.2) is 29.6 Å². The molecular weight excluding hydrogens is 476 g/mol. The first kappa shape index (κ1) is 27.1. The van der Waals surface area contributed by atoms with Crippen LogP contribution in [0.5, 0.6) is 28.7 Å². The Kier molecular flexibility index (Phi) is 10.3. The maximum atomic E-state index is 12.6. The maximum Gasteiger partial charge on any atom is 0.343 e. The molecule has 1 amide bonds. The fraction of sp³-hybridized carbons (Fsp3) is 0.250. The zero-order valence-corrected chi connectivity index (χ0v) is 21.1. The monoisotopic (exact) mass is 506 g/mol. The number of hydrogen-bond donors (Lipinski definition) is 1. The van der Waals surface area contributed by atoms with Crippen molar-refractivity contribution in [2.45, 2.75) is 19.8 Å². The molecule has 9 nitrogen and oxygen atoms in total. The molecule has 37 heavy (non-hydrogen) atoms. The highest BCUT2D eigenvalue weighted by Gasteiger charge is 2.13. The second-order valence-corrected chi connectivity index (χ2v) is 7.76. The number of unbranched alkanes of at least 4 members (excludes halogenated alkanes) is 1. The van der Waals surface area contributed by atoms with Crippen LogP contribution in [-0.4, -0.2) is 45.5 Å². The quantitative estimate of drug-likeness (QED) is 0.118. The van der Waals surface area contributed by atoms with Crippen LogP contribution in [0.4, 0.5) is 0 Å². The Labute approximate surface area is 216 Å². The molecular formula is C28H30N2O7. The van der Waals surface area contributed by atoms with E-state index in [9.17, 15) is 9.59 Å². The zero-order valence-electron chi connectivity index (χ0n) is 21.1. The number of para-hydroxylation sites is 2. The number of ether oxygens (including phenoxy) is 5. The smallest absolute Gasteiger partial charge is 0.343 e. The summed E-state index contributed by atoms with van der Waals surface area (Å²) in [7, 11) is 2.99. The summed E-state index contributed by atoms with van der Waals surface area (Å²) in [4.78, 5) is 24.6. The summed E-state index contributed by atoms with van der Waals surface area (Å²) in [6.45, 7) is 2.49. The molecule has 0 bridgehead atoms. The summed E-state index contributed by atoms with van der Waals surface area (Å²) in [5, 5.41) is 3.93. The van der Waals surface area contributed by atoms with Crippen molar-refractivity contribution in [1.82, 2.24) is 5.43 Å². The van der Waals surface area contributed by atoms with Crippen molar-refractivity contribution in [3.8, 4) is 28.7 Å². The Morgan fingerprint density at radius 2 is 1.59 bits per heavy atom. The summed E-state index contributed by atoms with van der Waals surface area (Å²) < 4.78 is 27.1. The first-order valence-corrected chi connectivity index (χ1v) is 11.7. The van der Waals surface area contributed by atoms with Crippen LogP contribution in [0.2, 0.25) is 0 Å². The molecule has 0 fully saturated rings. The molecule has 0 saturated heterocycles. The Bertz CT molecular complexity index is 1210. The largest absolute Gasteiger partial charge is 0.494 e. The van der Waals surface area contributed by atoms with Crippen molar-refractivity contribution in [3.05, 3.63) is 77.9 Å². The van der Waals surface area contributed by atoms with Crippen LogP contribution < -0.4 is 29.1 Å². The standard InChI is InChI=1S/C28H30N2O7/c1-4-5-16-35-22-13-11-21(12-14-22)28(32)37-25-15-10-20(17-26(25)34-3)18-29-30-27(31)19-36-24-9-7-6-8-23(24)33-2/h6-15,17-18H,4-5,16,19H2,1-3H3,(H,30,31). The summed E-state index contributed by atoms with van der Waals surface area (Å²) in [6, 6.07) is 18.7. The summed E-state index contributed by atoms with van der Waals surface area (Å²) in [5.41, 5.74) is 3.40. The molecule has 3 aromatic carbocycles. The lowest BCUT2D eigenvalue weighted by Gasteiger charge is -2.11. The highest BCUT2D eigenvalue weighted by atomic mass is 16.6. The number of benzene rings is 3. The molecule has 9 heteroatoms. The molecule has 0 unspecified atom stereocenters. The van der Waals surface area contributed by atoms with Gasteiger partial charge >= 0.3 is 5.97 Å². The first-order valence-electron chi connectivity index (χ1n) is 11.7. The molecule has 0 aliphatic rings. The second-order valence-electron chi connectivity index (χ2n) is 7.76. The molecule has 0 atom stereocenters. The number of nitrogens with one attached hydrogen (secondary N) is 1. The van der Waals surface area contributed by atoms with Crippen molar-refractivity contribution in [2.24, 2.45) is 5.10 Å². The topological polar surface area (TPSA) is 105 Å². The van der Waals surface area contributed by atoms with Gasteiger partial charge in [-0.25, -0.2) is 10.2 Å². The maximum absolute atomic E-state index is 12.6. The van der Waals surface area contributed by atoms with Gasteiger partial charge in [0.25, 0.3) is 5.91 Å². The van der Waals surface area contributed by atoms with E-state index in [1.54, 1.807) is 66.7 Å². The third-order valence-electron chi connectivity index (χ3n) is 5.08. The lowest BCUT2D eigenvalue weighted by molar-refractivity contribution is -0.123. The number of nitrogens with zero attached hydrogens (tertiary/aromatic N) is 1. The van der Waals surface area contributed by atoms with Gasteiger partial charge in [-0.05, 0) is 66.6 Å². The van der Waals surface area contributed by atoms with Gasteiger partial charge in [0.05, 0.1) is 32.6 Å². The molecule has 0 heterocycles. The molecule has 1 N–H and O–H groups in total. The molecule has 0 saturated carbocycles. The molecule has 0 aromatic heterocycles. The summed E-state index contributed by atoms with van der Waals surface area (Å²) >= 11 is 0. The minimum absolute atomic E-state index is 0.234. The molecule has 0 aliphatic carbocycles. The van der Waals surface area contributed by atoms with E-state index in [1.165, 1.54) is 20.4 Å². The van der Waals surface area contributed by atoms with Crippen molar-refractivity contribution in [1.29, 1.82) is 0 Å². The van der Waals surface area contributed by atoms with Crippen molar-refractivity contribution < 1.29 is 33.3 Å². The Hall–Kier alpha value is -4.53. The highest BCUT2D eigenvalue weighted by molar-refractivity contribution is 5.92. The van der Waals surface area contributed by atoms with E-state index in [1.807, 2.05) is 0 Å². The van der Waals surface area contributed by atoms with E-state index in [2.05, 4.69) is 17.5 Å². The number of hydrogen-bond acceptors (Lipinski definition) is 8. The normalized spacial score (nSPS) is 10.6. The van der Waals surface area contributed by atoms with Gasteiger partial charge < -0.3 is 23.7 Å². The van der Waals surface area contributed by atoms with Gasteiger partial charge in [-0.1, -0.05) is 25.5 Å². The minimum Gasteiger partial charge on any atom is -0.494 e. The van der Waals surface area contributed by atoms with Crippen LogP contribution in [-0.2, 0) is 4.79 Å². The summed E-state index contributed by atoms with van der Waals surface area (Å²) in [5.74, 6) is 1.30. The number of esters is 1. The molecule has 0 spiro atoms. The van der Waals surface area contributed by atoms with Gasteiger partial charge in [-0.2, -0.15) is 5.10 Å². The Balaban J connectivity index is 1.54. The van der Waals surface area contributed by atoms with Gasteiger partial charge in [0, 0.05) is 0 Å². The lowest BCUT2D eigenvalue weighted by Crippen LogP contribution is -2.24. The van der Waals surface area contributed by atoms with E-state index in [0.29, 0.717) is 40.7 Å². The van der Waals surface area contributed by atoms with E-state index in [-0.39, 0.29) is 12.4 Å². The van der Waals surface area contributed by atoms with Crippen LogP contribution in [0.1, 0.15) is 35.7 Å². The molecule has 194 valence electrons. The SMILES string of the molecule is CCCCOc1ccc(C(=O)Oc2ccc(C=NNC(=O)COc3ccccc3OC)cc2OC)cc1. The number of methoxy groups -OCH3 is 2. The highest BCUT2D eigenvalue weighted by Crippen LogP contribution is 2.29. The fourth-order valence-electron chi connectivity index (χ4n) is 3.12. The van der Waals surface area contributed by atoms with Crippen LogP contribution >= 0.6 is 0 Å². The molecule has 0 aliphatic heterocycles. The third kappa shape index (κ3) is 8.28. The van der Waals surface area contributed by atoms with Gasteiger partial charge in [0.1, 0.15) is 5.75 Å². The van der Waals surface area contributed by atoms with Crippen LogP contribution in [0.15, 0.2) is 71.8 Å². The van der Waals surface area contributed by atoms with Gasteiger partial charge in [-0.15, -0.1) is 0 Å². The number of carbonyl (C=O) groups excluding carboxylic acids is 2. The van der Waals surface area contributed by atoms with Crippen molar-refractivity contribution >= 4 is 18.1 Å². The predicted octanol–water partition coefficient (Wildman–Crippen LogP) is 4.63. The lowest BCUT2D eigenvalue weighted by atomic mass is 10.2. The van der Waals surface area contributed by atoms with E-state index < -0.39 is 11.9 Å². The van der Waals surface area contributed by atoms with E-state index >= 15 is 0 Å².